The summed E-state index contributed by atoms with van der Waals surface area (Å²) in [6.45, 7) is 4.07. The van der Waals surface area contributed by atoms with E-state index in [0.717, 1.165) is 25.0 Å². The van der Waals surface area contributed by atoms with Crippen molar-refractivity contribution in [2.45, 2.75) is 76.2 Å². The molecule has 1 saturated heterocycles. The highest BCUT2D eigenvalue weighted by molar-refractivity contribution is 5.59. The summed E-state index contributed by atoms with van der Waals surface area (Å²) < 4.78 is 16.1. The van der Waals surface area contributed by atoms with Crippen LogP contribution in [0.15, 0.2) is 18.2 Å². The maximum absolute atomic E-state index is 11.8. The number of nitrogens with zero attached hydrogens (tertiary/aromatic N) is 1. The molecule has 1 aromatic carbocycles. The molecule has 0 amide bonds. The fraction of sp³-hybridized carbons (Fsp3) is 0.720. The number of rotatable bonds is 5. The highest BCUT2D eigenvalue weighted by atomic mass is 16.8. The Morgan fingerprint density at radius 2 is 1.97 bits per heavy atom. The van der Waals surface area contributed by atoms with Crippen LogP contribution in [0.4, 0.5) is 4.79 Å². The van der Waals surface area contributed by atoms with Gasteiger partial charge >= 0.3 is 6.16 Å². The van der Waals surface area contributed by atoms with Crippen LogP contribution < -0.4 is 4.74 Å². The standard InChI is InChI=1S/C25H35NO4/c1-24-10-3-4-11-25(24)12-13-26(2)22(24)14-19-8-9-20(15-21(19)25)29-17-30-23(27)28-16-18-6-5-7-18/h8-9,15,18,22H,3-7,10-14,16-17H2,1-2H3/t22-,24+,25+/m0/s1. The van der Waals surface area contributed by atoms with Gasteiger partial charge in [0.2, 0.25) is 6.79 Å². The molecule has 3 fully saturated rings. The number of likely N-dealkylation sites (N-methyl/N-ethyl adjacent to an activating group) is 1. The summed E-state index contributed by atoms with van der Waals surface area (Å²) >= 11 is 0. The summed E-state index contributed by atoms with van der Waals surface area (Å²) in [7, 11) is 2.30. The lowest BCUT2D eigenvalue weighted by molar-refractivity contribution is -0.0737. The number of carbonyl (C=O) groups excluding carboxylic acids is 1. The molecule has 164 valence electrons. The molecule has 30 heavy (non-hydrogen) atoms. The van der Waals surface area contributed by atoms with Crippen molar-refractivity contribution in [3.63, 3.8) is 0 Å². The van der Waals surface area contributed by atoms with Crippen LogP contribution in [0.1, 0.15) is 69.4 Å². The first kappa shape index (κ1) is 20.2. The molecule has 0 N–H and O–H groups in total. The molecule has 5 rings (SSSR count). The Labute approximate surface area is 180 Å². The van der Waals surface area contributed by atoms with Gasteiger partial charge in [0.05, 0.1) is 6.61 Å². The Bertz CT molecular complexity index is 806. The van der Waals surface area contributed by atoms with Crippen LogP contribution in [0.5, 0.6) is 5.75 Å². The van der Waals surface area contributed by atoms with Crippen LogP contribution in [0.2, 0.25) is 0 Å². The monoisotopic (exact) mass is 413 g/mol. The maximum Gasteiger partial charge on any atom is 0.511 e. The SMILES string of the molecule is CN1CC[C@@]23CCCC[C@]2(C)[C@@H]1Cc1ccc(OCOC(=O)OCC2CCC2)cc13. The number of hydrogen-bond acceptors (Lipinski definition) is 5. The lowest BCUT2D eigenvalue weighted by atomic mass is 9.45. The van der Waals surface area contributed by atoms with Gasteiger partial charge in [-0.05, 0) is 86.7 Å². The van der Waals surface area contributed by atoms with Crippen molar-refractivity contribution in [2.24, 2.45) is 11.3 Å². The van der Waals surface area contributed by atoms with E-state index >= 15 is 0 Å². The third kappa shape index (κ3) is 3.21. The van der Waals surface area contributed by atoms with E-state index in [4.69, 9.17) is 14.2 Å². The lowest BCUT2D eigenvalue weighted by Gasteiger charge is -2.65. The summed E-state index contributed by atoms with van der Waals surface area (Å²) in [6.07, 6.45) is 10.5. The highest BCUT2D eigenvalue weighted by Gasteiger charge is 2.60. The fourth-order valence-corrected chi connectivity index (χ4v) is 6.82. The van der Waals surface area contributed by atoms with E-state index in [9.17, 15) is 4.79 Å². The van der Waals surface area contributed by atoms with E-state index in [2.05, 4.69) is 31.0 Å². The molecule has 4 aliphatic rings. The first-order valence-electron chi connectivity index (χ1n) is 11.8. The first-order valence-corrected chi connectivity index (χ1v) is 11.8. The Morgan fingerprint density at radius 3 is 2.77 bits per heavy atom. The third-order valence-electron chi connectivity index (χ3n) is 8.88. The Kier molecular flexibility index (Phi) is 5.20. The Hall–Kier alpha value is -1.75. The average molecular weight is 414 g/mol. The molecule has 1 aromatic rings. The Balaban J connectivity index is 1.29. The van der Waals surface area contributed by atoms with Gasteiger partial charge in [0, 0.05) is 11.5 Å². The normalized spacial score (nSPS) is 33.1. The predicted octanol–water partition coefficient (Wildman–Crippen LogP) is 5.05. The zero-order chi connectivity index (χ0) is 20.8. The number of fused-ring (bicyclic) bond motifs is 1. The van der Waals surface area contributed by atoms with E-state index in [0.29, 0.717) is 24.0 Å². The van der Waals surface area contributed by atoms with Crippen molar-refractivity contribution in [3.8, 4) is 5.75 Å². The Morgan fingerprint density at radius 1 is 1.13 bits per heavy atom. The van der Waals surface area contributed by atoms with Gasteiger partial charge in [-0.15, -0.1) is 0 Å². The molecule has 1 heterocycles. The van der Waals surface area contributed by atoms with E-state index in [1.54, 1.807) is 0 Å². The van der Waals surface area contributed by atoms with Crippen molar-refractivity contribution >= 4 is 6.16 Å². The molecule has 2 bridgehead atoms. The van der Waals surface area contributed by atoms with E-state index < -0.39 is 6.16 Å². The minimum Gasteiger partial charge on any atom is -0.457 e. The number of hydrogen-bond donors (Lipinski definition) is 0. The van der Waals surface area contributed by atoms with Gasteiger partial charge < -0.3 is 19.1 Å². The summed E-state index contributed by atoms with van der Waals surface area (Å²) in [5, 5.41) is 0. The molecule has 5 nitrogen and oxygen atoms in total. The van der Waals surface area contributed by atoms with Gasteiger partial charge in [0.25, 0.3) is 0 Å². The first-order chi connectivity index (χ1) is 14.5. The highest BCUT2D eigenvalue weighted by Crippen LogP contribution is 2.62. The van der Waals surface area contributed by atoms with Crippen LogP contribution in [-0.4, -0.2) is 44.1 Å². The topological polar surface area (TPSA) is 48.0 Å². The van der Waals surface area contributed by atoms with Crippen molar-refractivity contribution < 1.29 is 19.0 Å². The average Bonchev–Trinajstić information content (AvgIpc) is 2.69. The molecule has 2 saturated carbocycles. The minimum absolute atomic E-state index is 0.0993. The molecule has 0 unspecified atom stereocenters. The van der Waals surface area contributed by atoms with Crippen LogP contribution in [0, 0.1) is 11.3 Å². The summed E-state index contributed by atoms with van der Waals surface area (Å²) in [6, 6.07) is 7.13. The molecule has 0 spiro atoms. The number of ether oxygens (including phenoxy) is 3. The largest absolute Gasteiger partial charge is 0.511 e. The number of piperidine rings is 1. The second kappa shape index (κ2) is 7.74. The quantitative estimate of drug-likeness (QED) is 0.499. The van der Waals surface area contributed by atoms with Gasteiger partial charge in [-0.2, -0.15) is 0 Å². The molecular formula is C25H35NO4. The van der Waals surface area contributed by atoms with Crippen molar-refractivity contribution in [1.29, 1.82) is 0 Å². The van der Waals surface area contributed by atoms with Crippen LogP contribution in [0.25, 0.3) is 0 Å². The number of benzene rings is 1. The summed E-state index contributed by atoms with van der Waals surface area (Å²) in [4.78, 5) is 14.4. The number of likely N-dealkylation sites (tertiary alicyclic amines) is 1. The fourth-order valence-electron chi connectivity index (χ4n) is 6.82. The second-order valence-electron chi connectivity index (χ2n) is 10.2. The molecule has 3 atom stereocenters. The third-order valence-corrected chi connectivity index (χ3v) is 8.88. The minimum atomic E-state index is -0.628. The predicted molar refractivity (Wildman–Crippen MR) is 115 cm³/mol. The van der Waals surface area contributed by atoms with Gasteiger partial charge in [-0.1, -0.05) is 32.3 Å². The summed E-state index contributed by atoms with van der Waals surface area (Å²) in [5.74, 6) is 1.31. The van der Waals surface area contributed by atoms with Crippen molar-refractivity contribution in [2.75, 3.05) is 27.0 Å². The zero-order valence-corrected chi connectivity index (χ0v) is 18.5. The van der Waals surface area contributed by atoms with Crippen molar-refractivity contribution in [1.82, 2.24) is 4.90 Å². The van der Waals surface area contributed by atoms with Crippen LogP contribution in [-0.2, 0) is 21.3 Å². The molecule has 1 aliphatic heterocycles. The molecule has 5 heteroatoms. The lowest BCUT2D eigenvalue weighted by Crippen LogP contribution is -2.66. The smallest absolute Gasteiger partial charge is 0.457 e. The van der Waals surface area contributed by atoms with Crippen LogP contribution >= 0.6 is 0 Å². The van der Waals surface area contributed by atoms with Crippen molar-refractivity contribution in [3.05, 3.63) is 29.3 Å². The van der Waals surface area contributed by atoms with E-state index in [1.807, 2.05) is 6.07 Å². The van der Waals surface area contributed by atoms with Gasteiger partial charge in [-0.25, -0.2) is 4.79 Å². The molecule has 0 aromatic heterocycles. The van der Waals surface area contributed by atoms with Gasteiger partial charge in [-0.3, -0.25) is 0 Å². The zero-order valence-electron chi connectivity index (χ0n) is 18.5. The van der Waals surface area contributed by atoms with Crippen LogP contribution in [0.3, 0.4) is 0 Å². The van der Waals surface area contributed by atoms with E-state index in [-0.39, 0.29) is 12.2 Å². The molecular weight excluding hydrogens is 378 g/mol. The summed E-state index contributed by atoms with van der Waals surface area (Å²) in [5.41, 5.74) is 3.53. The van der Waals surface area contributed by atoms with Gasteiger partial charge in [0.1, 0.15) is 5.75 Å². The number of carbonyl (C=O) groups is 1. The van der Waals surface area contributed by atoms with E-state index in [1.165, 1.54) is 56.2 Å². The second-order valence-corrected chi connectivity index (χ2v) is 10.2. The van der Waals surface area contributed by atoms with Gasteiger partial charge in [0.15, 0.2) is 0 Å². The molecule has 3 aliphatic carbocycles. The molecule has 0 radical (unpaired) electrons. The maximum atomic E-state index is 11.8.